The van der Waals surface area contributed by atoms with Gasteiger partial charge in [0.2, 0.25) is 11.7 Å². The van der Waals surface area contributed by atoms with Crippen LogP contribution in [0.2, 0.25) is 0 Å². The van der Waals surface area contributed by atoms with Crippen LogP contribution >= 0.6 is 0 Å². The molecule has 0 radical (unpaired) electrons. The first-order valence-corrected chi connectivity index (χ1v) is 11.7. The van der Waals surface area contributed by atoms with Gasteiger partial charge in [-0.05, 0) is 68.5 Å². The third-order valence-corrected chi connectivity index (χ3v) is 6.74. The molecule has 0 saturated carbocycles. The quantitative estimate of drug-likeness (QED) is 0.449. The van der Waals surface area contributed by atoms with E-state index in [-0.39, 0.29) is 17.6 Å². The number of nitrogens with zero attached hydrogens (tertiary/aromatic N) is 5. The molecule has 34 heavy (non-hydrogen) atoms. The number of benzene rings is 2. The number of hydrogen-bond acceptors (Lipinski definition) is 5. The highest BCUT2D eigenvalue weighted by molar-refractivity contribution is 5.94. The van der Waals surface area contributed by atoms with Crippen molar-refractivity contribution in [2.45, 2.75) is 38.0 Å². The number of halogens is 1. The van der Waals surface area contributed by atoms with Gasteiger partial charge in [-0.3, -0.25) is 4.79 Å². The summed E-state index contributed by atoms with van der Waals surface area (Å²) in [5.74, 6) is 0.560. The van der Waals surface area contributed by atoms with Crippen molar-refractivity contribution in [1.82, 2.24) is 24.8 Å². The van der Waals surface area contributed by atoms with Gasteiger partial charge in [0.15, 0.2) is 5.69 Å². The van der Waals surface area contributed by atoms with Crippen LogP contribution in [0.3, 0.4) is 0 Å². The van der Waals surface area contributed by atoms with Crippen LogP contribution in [0, 0.1) is 5.82 Å². The second kappa shape index (κ2) is 8.52. The molecule has 0 spiro atoms. The van der Waals surface area contributed by atoms with Crippen LogP contribution in [0.15, 0.2) is 59.1 Å². The number of amides is 1. The number of carbonyl (C=O) groups excluding carboxylic acids is 1. The van der Waals surface area contributed by atoms with E-state index in [1.54, 1.807) is 12.1 Å². The van der Waals surface area contributed by atoms with Crippen molar-refractivity contribution >= 4 is 5.91 Å². The first-order chi connectivity index (χ1) is 16.7. The summed E-state index contributed by atoms with van der Waals surface area (Å²) >= 11 is 0. The topological polar surface area (TPSA) is 77.1 Å². The Labute approximate surface area is 196 Å². The lowest BCUT2D eigenvalue weighted by Crippen LogP contribution is -2.39. The van der Waals surface area contributed by atoms with Gasteiger partial charge in [-0.1, -0.05) is 23.4 Å². The minimum Gasteiger partial charge on any atom is -0.339 e. The van der Waals surface area contributed by atoms with E-state index in [4.69, 9.17) is 9.62 Å². The Morgan fingerprint density at radius 2 is 1.85 bits per heavy atom. The molecule has 7 nitrogen and oxygen atoms in total. The average molecular weight is 458 g/mol. The minimum absolute atomic E-state index is 0.0317. The number of aromatic nitrogens is 4. The Morgan fingerprint density at radius 3 is 2.68 bits per heavy atom. The van der Waals surface area contributed by atoms with Crippen LogP contribution in [0.25, 0.3) is 17.1 Å². The van der Waals surface area contributed by atoms with Crippen molar-refractivity contribution in [3.63, 3.8) is 0 Å². The summed E-state index contributed by atoms with van der Waals surface area (Å²) in [5.41, 5.74) is 4.46. The third kappa shape index (κ3) is 3.69. The molecule has 1 fully saturated rings. The molecule has 1 saturated heterocycles. The lowest BCUT2D eigenvalue weighted by molar-refractivity contribution is 0.0688. The Hall–Kier alpha value is -3.81. The fourth-order valence-corrected chi connectivity index (χ4v) is 5.02. The molecule has 4 aromatic rings. The highest BCUT2D eigenvalue weighted by atomic mass is 19.1. The summed E-state index contributed by atoms with van der Waals surface area (Å²) in [6.07, 6.45) is 4.57. The molecule has 172 valence electrons. The van der Waals surface area contributed by atoms with Crippen molar-refractivity contribution in [3.8, 4) is 17.1 Å². The Kier molecular flexibility index (Phi) is 5.20. The Bertz CT molecular complexity index is 1330. The van der Waals surface area contributed by atoms with Gasteiger partial charge < -0.3 is 9.42 Å². The van der Waals surface area contributed by atoms with E-state index < -0.39 is 0 Å². The van der Waals surface area contributed by atoms with Gasteiger partial charge in [-0.25, -0.2) is 9.07 Å². The second-order valence-electron chi connectivity index (χ2n) is 8.93. The third-order valence-electron chi connectivity index (χ3n) is 6.74. The molecule has 6 rings (SSSR count). The van der Waals surface area contributed by atoms with Crippen LogP contribution < -0.4 is 0 Å². The summed E-state index contributed by atoms with van der Waals surface area (Å²) in [6, 6.07) is 16.0. The van der Waals surface area contributed by atoms with Gasteiger partial charge >= 0.3 is 0 Å². The van der Waals surface area contributed by atoms with Gasteiger partial charge in [-0.15, -0.1) is 0 Å². The lowest BCUT2D eigenvalue weighted by atomic mass is 9.97. The van der Waals surface area contributed by atoms with Crippen molar-refractivity contribution in [1.29, 1.82) is 0 Å². The highest BCUT2D eigenvalue weighted by Gasteiger charge is 2.33. The number of hydrogen-bond donors (Lipinski definition) is 0. The molecule has 1 amide bonds. The second-order valence-corrected chi connectivity index (χ2v) is 8.93. The van der Waals surface area contributed by atoms with Gasteiger partial charge in [0.1, 0.15) is 5.82 Å². The van der Waals surface area contributed by atoms with Crippen LogP contribution in [-0.4, -0.2) is 43.8 Å². The maximum atomic E-state index is 13.6. The SMILES string of the molecule is O=C(c1nn(-c2ccccc2)c2c1CCC2)N1CCC[C@@H](c2nc(-c3ccc(F)cc3)no2)C1. The molecule has 2 aliphatic rings. The van der Waals surface area contributed by atoms with Crippen LogP contribution in [0.4, 0.5) is 4.39 Å². The molecule has 1 aliphatic heterocycles. The number of carbonyl (C=O) groups is 1. The van der Waals surface area contributed by atoms with Crippen LogP contribution in [0.5, 0.6) is 0 Å². The van der Waals surface area contributed by atoms with E-state index in [1.165, 1.54) is 12.1 Å². The van der Waals surface area contributed by atoms with Crippen molar-refractivity contribution < 1.29 is 13.7 Å². The first-order valence-electron chi connectivity index (χ1n) is 11.7. The lowest BCUT2D eigenvalue weighted by Gasteiger charge is -2.30. The zero-order valence-electron chi connectivity index (χ0n) is 18.7. The van der Waals surface area contributed by atoms with E-state index in [1.807, 2.05) is 39.9 Å². The monoisotopic (exact) mass is 457 g/mol. The zero-order chi connectivity index (χ0) is 23.1. The molecule has 1 aliphatic carbocycles. The maximum Gasteiger partial charge on any atom is 0.274 e. The number of likely N-dealkylation sites (tertiary alicyclic amines) is 1. The Morgan fingerprint density at radius 1 is 1.03 bits per heavy atom. The summed E-state index contributed by atoms with van der Waals surface area (Å²) in [4.78, 5) is 20.0. The van der Waals surface area contributed by atoms with E-state index in [0.717, 1.165) is 49.0 Å². The number of fused-ring (bicyclic) bond motifs is 1. The normalized spacial score (nSPS) is 17.7. The molecule has 8 heteroatoms. The standard InChI is InChI=1S/C26H24FN5O2/c27-19-13-11-17(12-14-19)24-28-25(34-30-24)18-6-5-15-31(16-18)26(33)23-21-9-4-10-22(21)32(29-23)20-7-2-1-3-8-20/h1-3,7-8,11-14,18H,4-6,9-10,15-16H2/t18-/m1/s1. The van der Waals surface area contributed by atoms with Gasteiger partial charge in [0, 0.05) is 29.9 Å². The van der Waals surface area contributed by atoms with Gasteiger partial charge in [-0.2, -0.15) is 10.1 Å². The maximum absolute atomic E-state index is 13.6. The number of rotatable bonds is 4. The van der Waals surface area contributed by atoms with Crippen LogP contribution in [0.1, 0.15) is 52.8 Å². The zero-order valence-corrected chi connectivity index (χ0v) is 18.7. The fourth-order valence-electron chi connectivity index (χ4n) is 5.02. The minimum atomic E-state index is -0.310. The average Bonchev–Trinajstić information content (AvgIpc) is 3.62. The van der Waals surface area contributed by atoms with E-state index >= 15 is 0 Å². The molecule has 0 unspecified atom stereocenters. The molecule has 3 heterocycles. The van der Waals surface area contributed by atoms with E-state index in [9.17, 15) is 9.18 Å². The van der Waals surface area contributed by atoms with Crippen molar-refractivity contribution in [3.05, 3.63) is 83.3 Å². The largest absolute Gasteiger partial charge is 0.339 e. The van der Waals surface area contributed by atoms with Gasteiger partial charge in [0.25, 0.3) is 5.91 Å². The van der Waals surface area contributed by atoms with E-state index in [0.29, 0.717) is 36.1 Å². The predicted molar refractivity (Wildman–Crippen MR) is 123 cm³/mol. The van der Waals surface area contributed by atoms with Crippen molar-refractivity contribution in [2.24, 2.45) is 0 Å². The fraction of sp³-hybridized carbons (Fsp3) is 0.308. The highest BCUT2D eigenvalue weighted by Crippen LogP contribution is 2.32. The molecule has 2 aromatic carbocycles. The summed E-state index contributed by atoms with van der Waals surface area (Å²) in [7, 11) is 0. The summed E-state index contributed by atoms with van der Waals surface area (Å²) in [6.45, 7) is 1.19. The molecular formula is C26H24FN5O2. The molecule has 2 aromatic heterocycles. The predicted octanol–water partition coefficient (Wildman–Crippen LogP) is 4.57. The number of piperidine rings is 1. The van der Waals surface area contributed by atoms with E-state index in [2.05, 4.69) is 10.1 Å². The number of para-hydroxylation sites is 1. The van der Waals surface area contributed by atoms with Crippen LogP contribution in [-0.2, 0) is 12.8 Å². The smallest absolute Gasteiger partial charge is 0.274 e. The summed E-state index contributed by atoms with van der Waals surface area (Å²) < 4.78 is 20.7. The first kappa shape index (κ1) is 20.8. The molecule has 1 atom stereocenters. The molecule has 0 bridgehead atoms. The van der Waals surface area contributed by atoms with Gasteiger partial charge in [0.05, 0.1) is 11.6 Å². The molecule has 0 N–H and O–H groups in total. The Balaban J connectivity index is 1.24. The van der Waals surface area contributed by atoms with Crippen molar-refractivity contribution in [2.75, 3.05) is 13.1 Å². The summed E-state index contributed by atoms with van der Waals surface area (Å²) in [5, 5.41) is 8.85. The molecular weight excluding hydrogens is 433 g/mol.